The number of esters is 1. The minimum Gasteiger partial charge on any atom is -0.462 e. The highest BCUT2D eigenvalue weighted by Crippen LogP contribution is 2.68. The molecule has 0 aromatic carbocycles. The second-order valence-corrected chi connectivity index (χ2v) is 15.1. The quantitative estimate of drug-likeness (QED) is 0.191. The molecule has 0 spiro atoms. The van der Waals surface area contributed by atoms with Gasteiger partial charge < -0.3 is 4.74 Å². The molecule has 0 saturated heterocycles. The summed E-state index contributed by atoms with van der Waals surface area (Å²) < 4.78 is 6.44. The fourth-order valence-corrected chi connectivity index (χ4v) is 10.6. The third-order valence-corrected chi connectivity index (χ3v) is 12.6. The van der Waals surface area contributed by atoms with Gasteiger partial charge >= 0.3 is 5.97 Å². The van der Waals surface area contributed by atoms with E-state index in [1.54, 1.807) is 0 Å². The van der Waals surface area contributed by atoms with Crippen molar-refractivity contribution >= 4 is 5.97 Å². The van der Waals surface area contributed by atoms with Gasteiger partial charge in [-0.2, -0.15) is 0 Å². The Kier molecular flexibility index (Phi) is 10.2. The van der Waals surface area contributed by atoms with E-state index in [4.69, 9.17) is 4.74 Å². The highest BCUT2D eigenvalue weighted by Gasteiger charge is 2.62. The first kappa shape index (κ1) is 29.5. The zero-order valence-electron chi connectivity index (χ0n) is 25.7. The summed E-state index contributed by atoms with van der Waals surface area (Å²) in [4.78, 5) is 13.0. The molecule has 1 unspecified atom stereocenters. The Bertz CT molecular complexity index is 729. The summed E-state index contributed by atoms with van der Waals surface area (Å²) in [6.45, 7) is 14.9. The number of hydrogen-bond acceptors (Lipinski definition) is 2. The summed E-state index contributed by atoms with van der Waals surface area (Å²) in [6, 6.07) is 0. The molecule has 4 saturated carbocycles. The average molecular weight is 515 g/mol. The van der Waals surface area contributed by atoms with Crippen LogP contribution in [0.2, 0.25) is 0 Å². The van der Waals surface area contributed by atoms with Crippen LogP contribution in [-0.2, 0) is 9.53 Å². The van der Waals surface area contributed by atoms with Crippen LogP contribution in [0.15, 0.2) is 0 Å². The topological polar surface area (TPSA) is 26.3 Å². The molecule has 37 heavy (non-hydrogen) atoms. The van der Waals surface area contributed by atoms with Crippen molar-refractivity contribution in [3.63, 3.8) is 0 Å². The van der Waals surface area contributed by atoms with Crippen LogP contribution in [0.4, 0.5) is 0 Å². The fraction of sp³-hybridized carbons (Fsp3) is 0.971. The predicted octanol–water partition coefficient (Wildman–Crippen LogP) is 10.4. The molecule has 4 fully saturated rings. The molecule has 4 aliphatic rings. The summed E-state index contributed by atoms with van der Waals surface area (Å²) in [5.41, 5.74) is 0.752. The van der Waals surface area contributed by atoms with Crippen molar-refractivity contribution in [1.29, 1.82) is 0 Å². The van der Waals surface area contributed by atoms with Crippen molar-refractivity contribution in [3.8, 4) is 0 Å². The molecular weight excluding hydrogens is 452 g/mol. The molecule has 2 heteroatoms. The third kappa shape index (κ3) is 6.14. The van der Waals surface area contributed by atoms with Gasteiger partial charge in [0.15, 0.2) is 0 Å². The lowest BCUT2D eigenvalue weighted by atomic mass is 9.44. The molecule has 0 radical (unpaired) electrons. The SMILES string of the molecule is CCCCCCCC(=O)OC1CCC[C@H]2CC[C@H]3[C@@H]4CC[C@H]([C@H](C)CCCC(C)C)[C@@]4(C)CC[C@@H]3[C@@]12C. The summed E-state index contributed by atoms with van der Waals surface area (Å²) >= 11 is 0. The number of rotatable bonds is 12. The van der Waals surface area contributed by atoms with Crippen molar-refractivity contribution in [1.82, 2.24) is 0 Å². The standard InChI is InChI=1S/C35H62O2/c1-7-8-9-10-11-18-33(36)37-32-17-13-16-27-19-20-28-30-22-21-29(26(4)15-12-14-25(2)3)34(30,5)24-23-31(28)35(27,32)6/h25-32H,7-24H2,1-6H3/t26-,27+,28+,29-,30+,31+,32?,34-,35+/m1/s1. The number of carbonyl (C=O) groups excluding carboxylic acids is 1. The molecule has 0 aliphatic heterocycles. The highest BCUT2D eigenvalue weighted by atomic mass is 16.5. The van der Waals surface area contributed by atoms with Gasteiger partial charge in [0.1, 0.15) is 6.10 Å². The molecule has 214 valence electrons. The number of hydrogen-bond donors (Lipinski definition) is 0. The van der Waals surface area contributed by atoms with Gasteiger partial charge in [0.05, 0.1) is 0 Å². The Labute approximate surface area is 230 Å². The van der Waals surface area contributed by atoms with E-state index in [-0.39, 0.29) is 17.5 Å². The van der Waals surface area contributed by atoms with Crippen molar-refractivity contribution in [3.05, 3.63) is 0 Å². The van der Waals surface area contributed by atoms with E-state index < -0.39 is 0 Å². The molecule has 9 atom stereocenters. The van der Waals surface area contributed by atoms with Gasteiger partial charge in [-0.3, -0.25) is 4.79 Å². The second kappa shape index (κ2) is 12.8. The van der Waals surface area contributed by atoms with Crippen molar-refractivity contribution < 1.29 is 9.53 Å². The van der Waals surface area contributed by atoms with E-state index in [0.717, 1.165) is 54.3 Å². The van der Waals surface area contributed by atoms with Gasteiger partial charge in [-0.15, -0.1) is 0 Å². The molecule has 0 bridgehead atoms. The minimum atomic E-state index is 0.0993. The van der Waals surface area contributed by atoms with Gasteiger partial charge in [-0.25, -0.2) is 0 Å². The lowest BCUT2D eigenvalue weighted by molar-refractivity contribution is -0.192. The first-order valence-electron chi connectivity index (χ1n) is 16.9. The zero-order chi connectivity index (χ0) is 26.6. The molecule has 0 amide bonds. The number of fused-ring (bicyclic) bond motifs is 5. The molecule has 4 aliphatic carbocycles. The summed E-state index contributed by atoms with van der Waals surface area (Å²) in [5.74, 6) is 6.02. The Morgan fingerprint density at radius 1 is 0.838 bits per heavy atom. The van der Waals surface area contributed by atoms with Gasteiger partial charge in [-0.05, 0) is 111 Å². The molecular formula is C35H62O2. The smallest absolute Gasteiger partial charge is 0.306 e. The van der Waals surface area contributed by atoms with Crippen LogP contribution < -0.4 is 0 Å². The Hall–Kier alpha value is -0.530. The van der Waals surface area contributed by atoms with Crippen LogP contribution in [-0.4, -0.2) is 12.1 Å². The first-order chi connectivity index (χ1) is 17.7. The number of ether oxygens (including phenoxy) is 1. The Balaban J connectivity index is 1.42. The monoisotopic (exact) mass is 514 g/mol. The predicted molar refractivity (Wildman–Crippen MR) is 156 cm³/mol. The lowest BCUT2D eigenvalue weighted by Gasteiger charge is -2.62. The summed E-state index contributed by atoms with van der Waals surface area (Å²) in [6.07, 6.45) is 23.3. The molecule has 0 aromatic heterocycles. The average Bonchev–Trinajstić information content (AvgIpc) is 3.21. The largest absolute Gasteiger partial charge is 0.462 e. The zero-order valence-corrected chi connectivity index (χ0v) is 25.7. The normalized spacial score (nSPS) is 40.1. The number of carbonyl (C=O) groups is 1. The van der Waals surface area contributed by atoms with Gasteiger partial charge in [-0.1, -0.05) is 86.5 Å². The van der Waals surface area contributed by atoms with Crippen molar-refractivity contribution in [2.75, 3.05) is 0 Å². The van der Waals surface area contributed by atoms with Crippen molar-refractivity contribution in [2.45, 2.75) is 163 Å². The summed E-state index contributed by atoms with van der Waals surface area (Å²) in [7, 11) is 0. The highest BCUT2D eigenvalue weighted by molar-refractivity contribution is 5.69. The maximum absolute atomic E-state index is 13.0. The lowest BCUT2D eigenvalue weighted by Crippen LogP contribution is -2.58. The van der Waals surface area contributed by atoms with E-state index in [1.807, 2.05) is 0 Å². The van der Waals surface area contributed by atoms with Crippen LogP contribution in [0.1, 0.15) is 157 Å². The van der Waals surface area contributed by atoms with Crippen LogP contribution in [0.5, 0.6) is 0 Å². The van der Waals surface area contributed by atoms with Gasteiger partial charge in [0.25, 0.3) is 0 Å². The maximum atomic E-state index is 13.0. The third-order valence-electron chi connectivity index (χ3n) is 12.6. The van der Waals surface area contributed by atoms with E-state index in [9.17, 15) is 4.79 Å². The second-order valence-electron chi connectivity index (χ2n) is 15.1. The van der Waals surface area contributed by atoms with Crippen LogP contribution in [0.3, 0.4) is 0 Å². The van der Waals surface area contributed by atoms with Crippen LogP contribution in [0, 0.1) is 52.3 Å². The van der Waals surface area contributed by atoms with E-state index in [1.165, 1.54) is 96.3 Å². The molecule has 2 nitrogen and oxygen atoms in total. The molecule has 0 aromatic rings. The van der Waals surface area contributed by atoms with Gasteiger partial charge in [0.2, 0.25) is 0 Å². The summed E-state index contributed by atoms with van der Waals surface area (Å²) in [5, 5.41) is 0. The molecule has 0 heterocycles. The van der Waals surface area contributed by atoms with E-state index >= 15 is 0 Å². The van der Waals surface area contributed by atoms with E-state index in [2.05, 4.69) is 41.5 Å². The van der Waals surface area contributed by atoms with E-state index in [0.29, 0.717) is 11.8 Å². The molecule has 0 N–H and O–H groups in total. The van der Waals surface area contributed by atoms with Crippen molar-refractivity contribution in [2.24, 2.45) is 52.3 Å². The maximum Gasteiger partial charge on any atom is 0.306 e. The Morgan fingerprint density at radius 2 is 1.62 bits per heavy atom. The van der Waals surface area contributed by atoms with Gasteiger partial charge in [0, 0.05) is 11.8 Å². The minimum absolute atomic E-state index is 0.0993. The van der Waals surface area contributed by atoms with Crippen LogP contribution >= 0.6 is 0 Å². The van der Waals surface area contributed by atoms with Crippen LogP contribution in [0.25, 0.3) is 0 Å². The number of unbranched alkanes of at least 4 members (excludes halogenated alkanes) is 4. The first-order valence-corrected chi connectivity index (χ1v) is 16.9. The Morgan fingerprint density at radius 3 is 2.38 bits per heavy atom. The molecule has 4 rings (SSSR count). The fourth-order valence-electron chi connectivity index (χ4n) is 10.6.